The number of anilines is 2. The fourth-order valence-electron chi connectivity index (χ4n) is 3.72. The summed E-state index contributed by atoms with van der Waals surface area (Å²) in [5.74, 6) is -0.561. The van der Waals surface area contributed by atoms with E-state index in [1.165, 1.54) is 17.3 Å². The number of hydrogen-bond donors (Lipinski definition) is 3. The van der Waals surface area contributed by atoms with Gasteiger partial charge in [0.05, 0.1) is 35.0 Å². The molecule has 3 aromatic rings. The highest BCUT2D eigenvalue weighted by Gasteiger charge is 2.34. The van der Waals surface area contributed by atoms with Crippen LogP contribution in [0.15, 0.2) is 23.8 Å². The number of nitrogens with two attached hydrogens (primary N) is 1. The van der Waals surface area contributed by atoms with E-state index in [2.05, 4.69) is 38.9 Å². The molecule has 4 N–H and O–H groups in total. The summed E-state index contributed by atoms with van der Waals surface area (Å²) in [5, 5.41) is 12.1. The highest BCUT2D eigenvalue weighted by Crippen LogP contribution is 2.35. The lowest BCUT2D eigenvalue weighted by molar-refractivity contribution is -0.146. The maximum Gasteiger partial charge on any atom is 0.314 e. The summed E-state index contributed by atoms with van der Waals surface area (Å²) in [5.41, 5.74) is 7.85. The third-order valence-electron chi connectivity index (χ3n) is 5.17. The van der Waals surface area contributed by atoms with Gasteiger partial charge in [-0.15, -0.1) is 11.3 Å². The quantitative estimate of drug-likeness (QED) is 0.574. The Bertz CT molecular complexity index is 1040. The first-order valence-electron chi connectivity index (χ1n) is 9.18. The number of nitrogens with one attached hydrogen (secondary N) is 2. The number of nitrogens with zero attached hydrogens (tertiary/aromatic N) is 3. The molecule has 0 saturated carbocycles. The standard InChI is InChI=1S/C19H22N6O2S/c1-10-3-4-15(12-5-11(2)28-9-12)25(8-10)19(27)18(26)23-14-7-21-17(20)13-6-22-24-16(13)14/h5-7,9-10,15H,3-4,8H2,1-2H3,(H2,20,21)(H,22,24)(H,23,26)/t10-,15+/m0/s1. The van der Waals surface area contributed by atoms with Gasteiger partial charge in [-0.25, -0.2) is 4.98 Å². The molecule has 9 heteroatoms. The zero-order chi connectivity index (χ0) is 19.8. The van der Waals surface area contributed by atoms with Gasteiger partial charge in [0.2, 0.25) is 0 Å². The van der Waals surface area contributed by atoms with Gasteiger partial charge in [0.15, 0.2) is 0 Å². The number of thiophene rings is 1. The molecule has 0 bridgehead atoms. The summed E-state index contributed by atoms with van der Waals surface area (Å²) < 4.78 is 0. The van der Waals surface area contributed by atoms with Crippen LogP contribution in [0.25, 0.3) is 10.9 Å². The number of hydrogen-bond acceptors (Lipinski definition) is 6. The SMILES string of the molecule is Cc1cc([C@H]2CC[C@H](C)CN2C(=O)C(=O)Nc2cnc(N)c3cn[nH]c23)cs1. The van der Waals surface area contributed by atoms with E-state index < -0.39 is 11.8 Å². The number of nitrogen functional groups attached to an aromatic ring is 1. The maximum absolute atomic E-state index is 13.0. The number of pyridine rings is 1. The predicted molar refractivity (Wildman–Crippen MR) is 109 cm³/mol. The fourth-order valence-corrected chi connectivity index (χ4v) is 4.47. The molecule has 2 amide bonds. The van der Waals surface area contributed by atoms with E-state index in [1.54, 1.807) is 16.2 Å². The molecular formula is C19H22N6O2S. The lowest BCUT2D eigenvalue weighted by Crippen LogP contribution is -2.46. The molecular weight excluding hydrogens is 376 g/mol. The average molecular weight is 398 g/mol. The molecule has 0 spiro atoms. The van der Waals surface area contributed by atoms with Crippen molar-refractivity contribution in [1.29, 1.82) is 0 Å². The van der Waals surface area contributed by atoms with Crippen molar-refractivity contribution in [2.45, 2.75) is 32.7 Å². The Hall–Kier alpha value is -2.94. The number of carbonyl (C=O) groups is 2. The summed E-state index contributed by atoms with van der Waals surface area (Å²) in [6.07, 6.45) is 4.85. The molecule has 0 aliphatic carbocycles. The minimum absolute atomic E-state index is 0.0730. The predicted octanol–water partition coefficient (Wildman–Crippen LogP) is 2.85. The van der Waals surface area contributed by atoms with Gasteiger partial charge in [0.25, 0.3) is 0 Å². The van der Waals surface area contributed by atoms with E-state index in [-0.39, 0.29) is 6.04 Å². The molecule has 1 fully saturated rings. The summed E-state index contributed by atoms with van der Waals surface area (Å²) in [6, 6.07) is 2.03. The smallest absolute Gasteiger partial charge is 0.314 e. The molecule has 1 aliphatic rings. The van der Waals surface area contributed by atoms with Crippen molar-refractivity contribution in [3.8, 4) is 0 Å². The van der Waals surface area contributed by atoms with Crippen LogP contribution in [0.1, 0.15) is 36.2 Å². The molecule has 1 saturated heterocycles. The van der Waals surface area contributed by atoms with Crippen molar-refractivity contribution in [2.75, 3.05) is 17.6 Å². The number of amides is 2. The third-order valence-corrected chi connectivity index (χ3v) is 6.05. The van der Waals surface area contributed by atoms with Gasteiger partial charge in [-0.3, -0.25) is 14.7 Å². The fraction of sp³-hybridized carbons (Fsp3) is 0.368. The van der Waals surface area contributed by atoms with Gasteiger partial charge in [-0.1, -0.05) is 6.92 Å². The molecule has 8 nitrogen and oxygen atoms in total. The Morgan fingerprint density at radius 1 is 1.36 bits per heavy atom. The Morgan fingerprint density at radius 2 is 2.18 bits per heavy atom. The number of H-pyrrole nitrogens is 1. The largest absolute Gasteiger partial charge is 0.383 e. The molecule has 0 radical (unpaired) electrons. The Labute approximate surface area is 166 Å². The van der Waals surface area contributed by atoms with Crippen molar-refractivity contribution in [2.24, 2.45) is 5.92 Å². The van der Waals surface area contributed by atoms with Crippen molar-refractivity contribution in [1.82, 2.24) is 20.1 Å². The normalized spacial score (nSPS) is 19.7. The molecule has 1 aliphatic heterocycles. The molecule has 28 heavy (non-hydrogen) atoms. The lowest BCUT2D eigenvalue weighted by atomic mass is 9.91. The van der Waals surface area contributed by atoms with E-state index in [0.29, 0.717) is 34.9 Å². The minimum atomic E-state index is -0.687. The number of aromatic nitrogens is 3. The first-order chi connectivity index (χ1) is 13.4. The molecule has 3 aromatic heterocycles. The maximum atomic E-state index is 13.0. The first kappa shape index (κ1) is 18.4. The second-order valence-corrected chi connectivity index (χ2v) is 8.43. The number of aryl methyl sites for hydroxylation is 1. The first-order valence-corrected chi connectivity index (χ1v) is 10.1. The summed E-state index contributed by atoms with van der Waals surface area (Å²) in [6.45, 7) is 4.71. The number of rotatable bonds is 2. The van der Waals surface area contributed by atoms with Gasteiger partial charge in [-0.2, -0.15) is 5.10 Å². The van der Waals surface area contributed by atoms with E-state index in [4.69, 9.17) is 5.73 Å². The van der Waals surface area contributed by atoms with Crippen LogP contribution in [0.2, 0.25) is 0 Å². The Balaban J connectivity index is 1.58. The number of carbonyl (C=O) groups excluding carboxylic acids is 2. The molecule has 4 rings (SSSR count). The molecule has 0 unspecified atom stereocenters. The highest BCUT2D eigenvalue weighted by atomic mass is 32.1. The number of aromatic amines is 1. The van der Waals surface area contributed by atoms with Crippen LogP contribution in [0, 0.1) is 12.8 Å². The second-order valence-electron chi connectivity index (χ2n) is 7.32. The zero-order valence-electron chi connectivity index (χ0n) is 15.7. The molecule has 146 valence electrons. The van der Waals surface area contributed by atoms with E-state index >= 15 is 0 Å². The Kier molecular flexibility index (Phi) is 4.76. The number of fused-ring (bicyclic) bond motifs is 1. The molecule has 0 aromatic carbocycles. The van der Waals surface area contributed by atoms with E-state index in [0.717, 1.165) is 18.4 Å². The van der Waals surface area contributed by atoms with Crippen LogP contribution in [-0.2, 0) is 9.59 Å². The van der Waals surface area contributed by atoms with Crippen molar-refractivity contribution in [3.05, 3.63) is 34.3 Å². The summed E-state index contributed by atoms with van der Waals surface area (Å²) in [4.78, 5) is 32.7. The third kappa shape index (κ3) is 3.33. The number of piperidine rings is 1. The van der Waals surface area contributed by atoms with Crippen molar-refractivity contribution in [3.63, 3.8) is 0 Å². The van der Waals surface area contributed by atoms with Crippen LogP contribution in [0.4, 0.5) is 11.5 Å². The van der Waals surface area contributed by atoms with Crippen molar-refractivity contribution < 1.29 is 9.59 Å². The van der Waals surface area contributed by atoms with Crippen LogP contribution >= 0.6 is 11.3 Å². The lowest BCUT2D eigenvalue weighted by Gasteiger charge is -2.38. The molecule has 2 atom stereocenters. The Morgan fingerprint density at radius 3 is 2.93 bits per heavy atom. The number of likely N-dealkylation sites (tertiary alicyclic amines) is 1. The zero-order valence-corrected chi connectivity index (χ0v) is 16.5. The van der Waals surface area contributed by atoms with Crippen LogP contribution in [0.3, 0.4) is 0 Å². The summed E-state index contributed by atoms with van der Waals surface area (Å²) in [7, 11) is 0. The average Bonchev–Trinajstić information content (AvgIpc) is 3.33. The van der Waals surface area contributed by atoms with Crippen LogP contribution < -0.4 is 11.1 Å². The van der Waals surface area contributed by atoms with Gasteiger partial charge in [-0.05, 0) is 42.7 Å². The van der Waals surface area contributed by atoms with Gasteiger partial charge in [0.1, 0.15) is 5.82 Å². The van der Waals surface area contributed by atoms with Crippen molar-refractivity contribution >= 4 is 45.6 Å². The minimum Gasteiger partial charge on any atom is -0.383 e. The second kappa shape index (κ2) is 7.23. The monoisotopic (exact) mass is 398 g/mol. The van der Waals surface area contributed by atoms with Crippen LogP contribution in [-0.4, -0.2) is 38.4 Å². The van der Waals surface area contributed by atoms with Gasteiger partial charge >= 0.3 is 11.8 Å². The van der Waals surface area contributed by atoms with E-state index in [1.807, 2.05) is 6.92 Å². The van der Waals surface area contributed by atoms with E-state index in [9.17, 15) is 9.59 Å². The van der Waals surface area contributed by atoms with Crippen LogP contribution in [0.5, 0.6) is 0 Å². The topological polar surface area (TPSA) is 117 Å². The highest BCUT2D eigenvalue weighted by molar-refractivity contribution is 7.10. The van der Waals surface area contributed by atoms with Gasteiger partial charge < -0.3 is 16.0 Å². The molecule has 4 heterocycles. The van der Waals surface area contributed by atoms with Gasteiger partial charge in [0, 0.05) is 11.4 Å². The summed E-state index contributed by atoms with van der Waals surface area (Å²) >= 11 is 1.66.